The lowest BCUT2D eigenvalue weighted by atomic mass is 10.0. The summed E-state index contributed by atoms with van der Waals surface area (Å²) in [5.74, 6) is 0.291. The third-order valence-corrected chi connectivity index (χ3v) is 2.94. The highest BCUT2D eigenvalue weighted by molar-refractivity contribution is 5.85. The first-order valence-electron chi connectivity index (χ1n) is 5.14. The van der Waals surface area contributed by atoms with Gasteiger partial charge in [0.2, 0.25) is 5.91 Å². The zero-order chi connectivity index (χ0) is 10.8. The van der Waals surface area contributed by atoms with Crippen LogP contribution in [-0.4, -0.2) is 28.8 Å². The van der Waals surface area contributed by atoms with Crippen molar-refractivity contribution in [1.82, 2.24) is 20.4 Å². The average Bonchev–Trinajstić information content (AvgIpc) is 2.42. The third kappa shape index (κ3) is 2.54. The van der Waals surface area contributed by atoms with Crippen LogP contribution in [0.3, 0.4) is 0 Å². The number of aromatic nitrogens is 2. The van der Waals surface area contributed by atoms with Crippen LogP contribution in [0.4, 0.5) is 0 Å². The van der Waals surface area contributed by atoms with Gasteiger partial charge in [0.25, 0.3) is 0 Å². The van der Waals surface area contributed by atoms with E-state index in [4.69, 9.17) is 0 Å². The van der Waals surface area contributed by atoms with E-state index in [2.05, 4.69) is 15.7 Å². The van der Waals surface area contributed by atoms with Crippen LogP contribution in [0.1, 0.15) is 11.3 Å². The lowest BCUT2D eigenvalue weighted by Crippen LogP contribution is -2.50. The van der Waals surface area contributed by atoms with E-state index in [0.717, 1.165) is 24.3 Å². The summed E-state index contributed by atoms with van der Waals surface area (Å²) in [5, 5.41) is 10.1. The molecule has 90 valence electrons. The fourth-order valence-corrected chi connectivity index (χ4v) is 1.52. The smallest absolute Gasteiger partial charge is 0.225 e. The van der Waals surface area contributed by atoms with Crippen LogP contribution in [0.25, 0.3) is 0 Å². The van der Waals surface area contributed by atoms with E-state index >= 15 is 0 Å². The normalized spacial score (nSPS) is 15.1. The van der Waals surface area contributed by atoms with Gasteiger partial charge in [-0.1, -0.05) is 0 Å². The molecule has 5 nitrogen and oxygen atoms in total. The molecule has 0 radical (unpaired) electrons. The summed E-state index contributed by atoms with van der Waals surface area (Å²) in [7, 11) is 1.90. The van der Waals surface area contributed by atoms with E-state index in [1.807, 2.05) is 18.7 Å². The van der Waals surface area contributed by atoms with Crippen LogP contribution in [-0.2, 0) is 18.4 Å². The number of amides is 1. The molecule has 0 aliphatic carbocycles. The molecular weight excluding hydrogens is 228 g/mol. The first-order chi connectivity index (χ1) is 7.18. The van der Waals surface area contributed by atoms with Crippen LogP contribution in [0.15, 0.2) is 6.20 Å². The van der Waals surface area contributed by atoms with Crippen molar-refractivity contribution in [2.24, 2.45) is 13.0 Å². The van der Waals surface area contributed by atoms with Gasteiger partial charge in [0, 0.05) is 37.9 Å². The number of rotatable bonds is 3. The van der Waals surface area contributed by atoms with E-state index < -0.39 is 0 Å². The van der Waals surface area contributed by atoms with Crippen molar-refractivity contribution in [2.75, 3.05) is 13.1 Å². The van der Waals surface area contributed by atoms with Crippen LogP contribution < -0.4 is 10.6 Å². The highest BCUT2D eigenvalue weighted by Gasteiger charge is 2.24. The van der Waals surface area contributed by atoms with Crippen molar-refractivity contribution in [3.05, 3.63) is 17.5 Å². The molecule has 1 aromatic heterocycles. The van der Waals surface area contributed by atoms with E-state index in [1.165, 1.54) is 0 Å². The Morgan fingerprint density at radius 1 is 1.69 bits per heavy atom. The minimum absolute atomic E-state index is 0. The molecule has 0 spiro atoms. The average molecular weight is 245 g/mol. The predicted molar refractivity (Wildman–Crippen MR) is 63.4 cm³/mol. The van der Waals surface area contributed by atoms with Crippen LogP contribution in [0.5, 0.6) is 0 Å². The molecule has 6 heteroatoms. The van der Waals surface area contributed by atoms with Crippen LogP contribution in [0, 0.1) is 12.8 Å². The number of nitrogens with one attached hydrogen (secondary N) is 2. The lowest BCUT2D eigenvalue weighted by Gasteiger charge is -2.25. The van der Waals surface area contributed by atoms with Crippen molar-refractivity contribution in [3.8, 4) is 0 Å². The molecule has 1 aliphatic rings. The number of carbonyl (C=O) groups excluding carboxylic acids is 1. The van der Waals surface area contributed by atoms with E-state index in [1.54, 1.807) is 6.20 Å². The molecule has 0 bridgehead atoms. The highest BCUT2D eigenvalue weighted by Crippen LogP contribution is 2.06. The Morgan fingerprint density at radius 3 is 2.81 bits per heavy atom. The number of carbonyl (C=O) groups is 1. The SMILES string of the molecule is Cc1c(CNC(=O)C2CNC2)cnn1C.Cl. The monoisotopic (exact) mass is 244 g/mol. The van der Waals surface area contributed by atoms with Crippen LogP contribution in [0.2, 0.25) is 0 Å². The Morgan fingerprint density at radius 2 is 2.38 bits per heavy atom. The first-order valence-corrected chi connectivity index (χ1v) is 5.14. The molecule has 2 heterocycles. The summed E-state index contributed by atoms with van der Waals surface area (Å²) in [5.41, 5.74) is 2.18. The Bertz CT molecular complexity index is 373. The molecule has 1 aliphatic heterocycles. The topological polar surface area (TPSA) is 59.0 Å². The molecule has 0 atom stereocenters. The van der Waals surface area contributed by atoms with Gasteiger partial charge in [-0.3, -0.25) is 9.48 Å². The van der Waals surface area contributed by atoms with Crippen molar-refractivity contribution in [3.63, 3.8) is 0 Å². The third-order valence-electron chi connectivity index (χ3n) is 2.94. The molecule has 0 aromatic carbocycles. The largest absolute Gasteiger partial charge is 0.352 e. The minimum atomic E-state index is 0. The Balaban J connectivity index is 0.00000128. The number of aryl methyl sites for hydroxylation is 1. The molecule has 1 saturated heterocycles. The van der Waals surface area contributed by atoms with Crippen molar-refractivity contribution in [2.45, 2.75) is 13.5 Å². The standard InChI is InChI=1S/C10H16N4O.ClH/c1-7-8(6-13-14(7)2)5-12-10(15)9-3-11-4-9;/h6,9,11H,3-5H2,1-2H3,(H,12,15);1H. The van der Waals surface area contributed by atoms with Gasteiger partial charge in [-0.05, 0) is 6.92 Å². The molecule has 0 unspecified atom stereocenters. The molecule has 1 fully saturated rings. The van der Waals surface area contributed by atoms with Crippen molar-refractivity contribution < 1.29 is 4.79 Å². The second-order valence-electron chi connectivity index (χ2n) is 3.95. The molecule has 16 heavy (non-hydrogen) atoms. The summed E-state index contributed by atoms with van der Waals surface area (Å²) in [6.45, 7) is 4.18. The summed E-state index contributed by atoms with van der Waals surface area (Å²) in [6.07, 6.45) is 1.80. The fraction of sp³-hybridized carbons (Fsp3) is 0.600. The summed E-state index contributed by atoms with van der Waals surface area (Å²) in [4.78, 5) is 11.5. The Kier molecular flexibility index (Phi) is 4.32. The number of hydrogen-bond donors (Lipinski definition) is 2. The molecule has 0 saturated carbocycles. The molecule has 1 aromatic rings. The Hall–Kier alpha value is -1.07. The van der Waals surface area contributed by atoms with Gasteiger partial charge in [0.15, 0.2) is 0 Å². The molecule has 1 amide bonds. The number of nitrogens with zero attached hydrogens (tertiary/aromatic N) is 2. The maximum absolute atomic E-state index is 11.5. The quantitative estimate of drug-likeness (QED) is 0.786. The van der Waals surface area contributed by atoms with E-state index in [9.17, 15) is 4.79 Å². The molecule has 2 N–H and O–H groups in total. The highest BCUT2D eigenvalue weighted by atomic mass is 35.5. The zero-order valence-electron chi connectivity index (χ0n) is 9.49. The van der Waals surface area contributed by atoms with Gasteiger partial charge >= 0.3 is 0 Å². The molecular formula is C10H17ClN4O. The predicted octanol–water partition coefficient (Wildman–Crippen LogP) is -0.0141. The van der Waals surface area contributed by atoms with Crippen molar-refractivity contribution >= 4 is 18.3 Å². The summed E-state index contributed by atoms with van der Waals surface area (Å²) in [6, 6.07) is 0. The first kappa shape index (κ1) is 13.0. The maximum Gasteiger partial charge on any atom is 0.225 e. The number of hydrogen-bond acceptors (Lipinski definition) is 3. The van der Waals surface area contributed by atoms with E-state index in [-0.39, 0.29) is 24.2 Å². The second kappa shape index (κ2) is 5.32. The van der Waals surface area contributed by atoms with Gasteiger partial charge in [-0.2, -0.15) is 5.10 Å². The molecule has 2 rings (SSSR count). The van der Waals surface area contributed by atoms with Crippen LogP contribution >= 0.6 is 12.4 Å². The summed E-state index contributed by atoms with van der Waals surface area (Å²) >= 11 is 0. The zero-order valence-corrected chi connectivity index (χ0v) is 10.3. The van der Waals surface area contributed by atoms with E-state index in [0.29, 0.717) is 6.54 Å². The fourth-order valence-electron chi connectivity index (χ4n) is 1.52. The Labute approximate surface area is 101 Å². The van der Waals surface area contributed by atoms with Gasteiger partial charge < -0.3 is 10.6 Å². The summed E-state index contributed by atoms with van der Waals surface area (Å²) < 4.78 is 1.81. The van der Waals surface area contributed by atoms with Gasteiger partial charge in [-0.15, -0.1) is 12.4 Å². The minimum Gasteiger partial charge on any atom is -0.352 e. The maximum atomic E-state index is 11.5. The van der Waals surface area contributed by atoms with Gasteiger partial charge in [-0.25, -0.2) is 0 Å². The van der Waals surface area contributed by atoms with Crippen molar-refractivity contribution in [1.29, 1.82) is 0 Å². The van der Waals surface area contributed by atoms with Gasteiger partial charge in [0.1, 0.15) is 0 Å². The van der Waals surface area contributed by atoms with Gasteiger partial charge in [0.05, 0.1) is 12.1 Å². The number of halogens is 1. The second-order valence-corrected chi connectivity index (χ2v) is 3.95. The lowest BCUT2D eigenvalue weighted by molar-refractivity contribution is -0.126.